The van der Waals surface area contributed by atoms with Gasteiger partial charge in [-0.15, -0.1) is 5.10 Å². The van der Waals surface area contributed by atoms with E-state index in [9.17, 15) is 0 Å². The minimum Gasteiger partial charge on any atom is -0.486 e. The summed E-state index contributed by atoms with van der Waals surface area (Å²) in [5, 5.41) is 11.1. The molecule has 0 spiro atoms. The fraction of sp³-hybridized carbons (Fsp3) is 0.429. The van der Waals surface area contributed by atoms with Crippen molar-refractivity contribution in [2.24, 2.45) is 0 Å². The largest absolute Gasteiger partial charge is 0.486 e. The van der Waals surface area contributed by atoms with Gasteiger partial charge in [-0.1, -0.05) is 17.8 Å². The SMILES string of the molecule is CNC(CSc1n[nH]c(C)n1)c1ccc2c(c1)OCCO2. The van der Waals surface area contributed by atoms with Gasteiger partial charge >= 0.3 is 0 Å². The van der Waals surface area contributed by atoms with Crippen molar-refractivity contribution in [3.05, 3.63) is 29.6 Å². The number of fused-ring (bicyclic) bond motifs is 1. The van der Waals surface area contributed by atoms with Crippen LogP contribution >= 0.6 is 11.8 Å². The van der Waals surface area contributed by atoms with Gasteiger partial charge in [0.1, 0.15) is 19.0 Å². The third kappa shape index (κ3) is 3.30. The molecule has 0 fully saturated rings. The van der Waals surface area contributed by atoms with E-state index in [0.717, 1.165) is 28.2 Å². The number of aromatic amines is 1. The summed E-state index contributed by atoms with van der Waals surface area (Å²) in [7, 11) is 1.95. The average molecular weight is 306 g/mol. The van der Waals surface area contributed by atoms with Gasteiger partial charge in [-0.05, 0) is 31.7 Å². The molecule has 1 aromatic carbocycles. The summed E-state index contributed by atoms with van der Waals surface area (Å²) in [4.78, 5) is 4.30. The Morgan fingerprint density at radius 3 is 2.86 bits per heavy atom. The number of ether oxygens (including phenoxy) is 2. The molecule has 0 aliphatic carbocycles. The lowest BCUT2D eigenvalue weighted by Gasteiger charge is -2.21. The second-order valence-electron chi connectivity index (χ2n) is 4.76. The number of aryl methyl sites for hydroxylation is 1. The molecule has 2 aromatic rings. The zero-order valence-corrected chi connectivity index (χ0v) is 12.9. The van der Waals surface area contributed by atoms with Gasteiger partial charge in [-0.2, -0.15) is 0 Å². The van der Waals surface area contributed by atoms with E-state index in [-0.39, 0.29) is 6.04 Å². The summed E-state index contributed by atoms with van der Waals surface area (Å²) >= 11 is 1.62. The number of nitrogens with one attached hydrogen (secondary N) is 2. The molecular formula is C14H18N4O2S. The number of hydrogen-bond acceptors (Lipinski definition) is 6. The van der Waals surface area contributed by atoms with Gasteiger partial charge in [0.05, 0.1) is 0 Å². The first-order chi connectivity index (χ1) is 10.3. The van der Waals surface area contributed by atoms with Crippen molar-refractivity contribution in [1.29, 1.82) is 0 Å². The minimum atomic E-state index is 0.199. The monoisotopic (exact) mass is 306 g/mol. The normalized spacial score (nSPS) is 15.0. The van der Waals surface area contributed by atoms with E-state index in [1.54, 1.807) is 11.8 Å². The molecule has 0 radical (unpaired) electrons. The summed E-state index contributed by atoms with van der Waals surface area (Å²) < 4.78 is 11.2. The molecule has 112 valence electrons. The first-order valence-corrected chi connectivity index (χ1v) is 7.83. The van der Waals surface area contributed by atoms with Crippen molar-refractivity contribution in [2.45, 2.75) is 18.1 Å². The standard InChI is InChI=1S/C14H18N4O2S/c1-9-16-14(18-17-9)21-8-11(15-2)10-3-4-12-13(7-10)20-6-5-19-12/h3-4,7,11,15H,5-6,8H2,1-2H3,(H,16,17,18). The smallest absolute Gasteiger partial charge is 0.208 e. The minimum absolute atomic E-state index is 0.199. The highest BCUT2D eigenvalue weighted by molar-refractivity contribution is 7.99. The van der Waals surface area contributed by atoms with Crippen molar-refractivity contribution in [3.8, 4) is 11.5 Å². The van der Waals surface area contributed by atoms with Crippen LogP contribution in [0.5, 0.6) is 11.5 Å². The van der Waals surface area contributed by atoms with Crippen molar-refractivity contribution >= 4 is 11.8 Å². The predicted molar refractivity (Wildman–Crippen MR) is 81.1 cm³/mol. The molecule has 1 aliphatic heterocycles. The summed E-state index contributed by atoms with van der Waals surface area (Å²) in [5.41, 5.74) is 1.17. The van der Waals surface area contributed by atoms with E-state index in [0.29, 0.717) is 13.2 Å². The zero-order chi connectivity index (χ0) is 14.7. The van der Waals surface area contributed by atoms with Gasteiger partial charge < -0.3 is 14.8 Å². The number of aromatic nitrogens is 3. The van der Waals surface area contributed by atoms with Crippen LogP contribution in [0.4, 0.5) is 0 Å². The van der Waals surface area contributed by atoms with Crippen LogP contribution in [-0.2, 0) is 0 Å². The molecule has 0 saturated carbocycles. The lowest BCUT2D eigenvalue weighted by Crippen LogP contribution is -2.20. The fourth-order valence-electron chi connectivity index (χ4n) is 2.17. The highest BCUT2D eigenvalue weighted by Crippen LogP contribution is 2.33. The number of benzene rings is 1. The average Bonchev–Trinajstić information content (AvgIpc) is 2.93. The van der Waals surface area contributed by atoms with Crippen LogP contribution in [0.3, 0.4) is 0 Å². The third-order valence-electron chi connectivity index (χ3n) is 3.27. The Morgan fingerprint density at radius 2 is 2.14 bits per heavy atom. The maximum atomic E-state index is 5.64. The molecule has 1 unspecified atom stereocenters. The van der Waals surface area contributed by atoms with E-state index in [2.05, 4.69) is 26.6 Å². The number of thioether (sulfide) groups is 1. The number of hydrogen-bond donors (Lipinski definition) is 2. The molecule has 2 heterocycles. The molecule has 1 atom stereocenters. The number of H-pyrrole nitrogens is 1. The van der Waals surface area contributed by atoms with E-state index in [4.69, 9.17) is 9.47 Å². The molecule has 7 heteroatoms. The van der Waals surface area contributed by atoms with E-state index in [1.165, 1.54) is 5.56 Å². The summed E-state index contributed by atoms with van der Waals surface area (Å²) in [5.74, 6) is 3.31. The molecule has 0 amide bonds. The maximum absolute atomic E-state index is 5.64. The summed E-state index contributed by atoms with van der Waals surface area (Å²) in [6, 6.07) is 6.28. The Kier molecular flexibility index (Phi) is 4.31. The highest BCUT2D eigenvalue weighted by Gasteiger charge is 2.17. The van der Waals surface area contributed by atoms with Crippen LogP contribution in [0.1, 0.15) is 17.4 Å². The van der Waals surface area contributed by atoms with Gasteiger partial charge in [0.25, 0.3) is 0 Å². The van der Waals surface area contributed by atoms with Crippen LogP contribution in [0.15, 0.2) is 23.4 Å². The van der Waals surface area contributed by atoms with Gasteiger partial charge in [-0.25, -0.2) is 4.98 Å². The van der Waals surface area contributed by atoms with Gasteiger partial charge in [0.15, 0.2) is 11.5 Å². The Morgan fingerprint density at radius 1 is 1.33 bits per heavy atom. The number of rotatable bonds is 5. The van der Waals surface area contributed by atoms with E-state index in [1.807, 2.05) is 26.1 Å². The summed E-state index contributed by atoms with van der Waals surface area (Å²) in [6.07, 6.45) is 0. The van der Waals surface area contributed by atoms with Crippen molar-refractivity contribution in [1.82, 2.24) is 20.5 Å². The lowest BCUT2D eigenvalue weighted by atomic mass is 10.1. The second kappa shape index (κ2) is 6.36. The molecule has 2 N–H and O–H groups in total. The van der Waals surface area contributed by atoms with Gasteiger partial charge in [0, 0.05) is 11.8 Å². The van der Waals surface area contributed by atoms with Crippen LogP contribution in [-0.4, -0.2) is 41.2 Å². The van der Waals surface area contributed by atoms with Gasteiger partial charge in [-0.3, -0.25) is 5.10 Å². The van der Waals surface area contributed by atoms with Crippen LogP contribution in [0.25, 0.3) is 0 Å². The quantitative estimate of drug-likeness (QED) is 0.823. The Hall–Kier alpha value is -1.73. The lowest BCUT2D eigenvalue weighted by molar-refractivity contribution is 0.171. The molecule has 1 aromatic heterocycles. The van der Waals surface area contributed by atoms with Gasteiger partial charge in [0.2, 0.25) is 5.16 Å². The van der Waals surface area contributed by atoms with Crippen molar-refractivity contribution in [2.75, 3.05) is 26.0 Å². The zero-order valence-electron chi connectivity index (χ0n) is 12.0. The first-order valence-electron chi connectivity index (χ1n) is 6.85. The van der Waals surface area contributed by atoms with Crippen LogP contribution < -0.4 is 14.8 Å². The van der Waals surface area contributed by atoms with E-state index < -0.39 is 0 Å². The Bertz CT molecular complexity index is 617. The molecule has 0 bridgehead atoms. The van der Waals surface area contributed by atoms with Crippen LogP contribution in [0.2, 0.25) is 0 Å². The predicted octanol–water partition coefficient (Wildman–Crippen LogP) is 1.94. The number of nitrogens with zero attached hydrogens (tertiary/aromatic N) is 2. The first kappa shape index (κ1) is 14.2. The molecule has 3 rings (SSSR count). The van der Waals surface area contributed by atoms with Crippen molar-refractivity contribution < 1.29 is 9.47 Å². The third-order valence-corrected chi connectivity index (χ3v) is 4.21. The van der Waals surface area contributed by atoms with E-state index >= 15 is 0 Å². The maximum Gasteiger partial charge on any atom is 0.208 e. The molecular weight excluding hydrogens is 288 g/mol. The van der Waals surface area contributed by atoms with Crippen LogP contribution in [0, 0.1) is 6.92 Å². The molecule has 21 heavy (non-hydrogen) atoms. The second-order valence-corrected chi connectivity index (χ2v) is 5.75. The Labute approximate surface area is 127 Å². The Balaban J connectivity index is 1.70. The molecule has 6 nitrogen and oxygen atoms in total. The summed E-state index contributed by atoms with van der Waals surface area (Å²) in [6.45, 7) is 3.11. The topological polar surface area (TPSA) is 72.1 Å². The van der Waals surface area contributed by atoms with Crippen molar-refractivity contribution in [3.63, 3.8) is 0 Å². The highest BCUT2D eigenvalue weighted by atomic mass is 32.2. The molecule has 1 aliphatic rings. The molecule has 0 saturated heterocycles. The fourth-order valence-corrected chi connectivity index (χ4v) is 3.15.